The molecule has 172 valence electrons. The van der Waals surface area contributed by atoms with E-state index in [2.05, 4.69) is 30.1 Å². The molecule has 0 radical (unpaired) electrons. The Hall–Kier alpha value is -3.32. The number of piperazine rings is 1. The fourth-order valence-electron chi connectivity index (χ4n) is 3.91. The number of benzene rings is 2. The topological polar surface area (TPSA) is 61.9 Å². The highest BCUT2D eigenvalue weighted by Gasteiger charge is 2.25. The minimum absolute atomic E-state index is 0.0491. The number of nitrogens with zero attached hydrogens (tertiary/aromatic N) is 2. The van der Waals surface area contributed by atoms with E-state index in [1.165, 1.54) is 16.9 Å². The zero-order chi connectivity index (χ0) is 23.4. The van der Waals surface area contributed by atoms with E-state index in [0.29, 0.717) is 35.1 Å². The molecule has 6 nitrogen and oxygen atoms in total. The normalized spacial score (nSPS) is 13.8. The Balaban J connectivity index is 1.39. The molecule has 2 amide bonds. The van der Waals surface area contributed by atoms with Gasteiger partial charge in [-0.05, 0) is 47.2 Å². The number of nitrogens with one attached hydrogen (secondary N) is 1. The van der Waals surface area contributed by atoms with E-state index in [4.69, 9.17) is 4.74 Å². The molecule has 1 fully saturated rings. The summed E-state index contributed by atoms with van der Waals surface area (Å²) in [5.74, 6) is 0.980. The summed E-state index contributed by atoms with van der Waals surface area (Å²) in [6.45, 7) is 6.97. The fraction of sp³-hybridized carbons (Fsp3) is 0.308. The van der Waals surface area contributed by atoms with Crippen LogP contribution in [0.3, 0.4) is 0 Å². The maximum Gasteiger partial charge on any atom is 0.256 e. The zero-order valence-electron chi connectivity index (χ0n) is 19.2. The minimum atomic E-state index is -0.204. The largest absolute Gasteiger partial charge is 0.497 e. The summed E-state index contributed by atoms with van der Waals surface area (Å²) in [5, 5.41) is 5.37. The third kappa shape index (κ3) is 5.20. The van der Waals surface area contributed by atoms with E-state index in [0.717, 1.165) is 24.5 Å². The number of carbonyl (C=O) groups excluding carboxylic acids is 2. The molecule has 1 aliphatic heterocycles. The van der Waals surface area contributed by atoms with Gasteiger partial charge >= 0.3 is 0 Å². The van der Waals surface area contributed by atoms with Gasteiger partial charge in [0.05, 0.1) is 12.7 Å². The quantitative estimate of drug-likeness (QED) is 0.553. The number of carbonyl (C=O) groups is 2. The van der Waals surface area contributed by atoms with Crippen molar-refractivity contribution < 1.29 is 14.3 Å². The summed E-state index contributed by atoms with van der Waals surface area (Å²) in [5.41, 5.74) is 3.40. The predicted molar refractivity (Wildman–Crippen MR) is 134 cm³/mol. The smallest absolute Gasteiger partial charge is 0.256 e. The lowest BCUT2D eigenvalue weighted by Gasteiger charge is -2.36. The maximum absolute atomic E-state index is 13.2. The number of rotatable bonds is 6. The van der Waals surface area contributed by atoms with Gasteiger partial charge in [-0.25, -0.2) is 0 Å². The molecule has 1 aromatic heterocycles. The molecule has 0 spiro atoms. The SMILES string of the molecule is COc1cccc(N2CCN(C(=O)c3ccsc3NC(=O)c3ccc(C(C)C)cc3)CC2)c1. The van der Waals surface area contributed by atoms with E-state index in [1.807, 2.05) is 52.7 Å². The molecule has 1 saturated heterocycles. The first kappa shape index (κ1) is 22.9. The first-order valence-corrected chi connectivity index (χ1v) is 12.0. The Morgan fingerprint density at radius 2 is 1.73 bits per heavy atom. The van der Waals surface area contributed by atoms with Crippen LogP contribution in [0.2, 0.25) is 0 Å². The summed E-state index contributed by atoms with van der Waals surface area (Å²) < 4.78 is 5.32. The average molecular weight is 464 g/mol. The number of thiophene rings is 1. The summed E-state index contributed by atoms with van der Waals surface area (Å²) in [7, 11) is 1.66. The highest BCUT2D eigenvalue weighted by Crippen LogP contribution is 2.27. The van der Waals surface area contributed by atoms with Crippen LogP contribution in [0.4, 0.5) is 10.7 Å². The first-order valence-electron chi connectivity index (χ1n) is 11.1. The molecule has 4 rings (SSSR count). The molecule has 2 heterocycles. The molecule has 0 unspecified atom stereocenters. The summed E-state index contributed by atoms with van der Waals surface area (Å²) in [6, 6.07) is 17.4. The Bertz CT molecular complexity index is 1120. The second-order valence-electron chi connectivity index (χ2n) is 8.37. The zero-order valence-corrected chi connectivity index (χ0v) is 20.0. The summed E-state index contributed by atoms with van der Waals surface area (Å²) >= 11 is 1.37. The lowest BCUT2D eigenvalue weighted by molar-refractivity contribution is 0.0748. The molecule has 0 atom stereocenters. The molecule has 0 bridgehead atoms. The first-order chi connectivity index (χ1) is 16.0. The van der Waals surface area contributed by atoms with Crippen LogP contribution < -0.4 is 15.0 Å². The van der Waals surface area contributed by atoms with Crippen LogP contribution >= 0.6 is 11.3 Å². The number of hydrogen-bond donors (Lipinski definition) is 1. The van der Waals surface area contributed by atoms with E-state index in [1.54, 1.807) is 13.2 Å². The van der Waals surface area contributed by atoms with Crippen LogP contribution in [0.15, 0.2) is 60.0 Å². The Morgan fingerprint density at radius 3 is 2.39 bits per heavy atom. The van der Waals surface area contributed by atoms with E-state index in [-0.39, 0.29) is 11.8 Å². The van der Waals surface area contributed by atoms with Crippen molar-refractivity contribution in [3.8, 4) is 5.75 Å². The molecular formula is C26H29N3O3S. The molecule has 33 heavy (non-hydrogen) atoms. The van der Waals surface area contributed by atoms with Gasteiger partial charge in [0.25, 0.3) is 11.8 Å². The maximum atomic E-state index is 13.2. The summed E-state index contributed by atoms with van der Waals surface area (Å²) in [6.07, 6.45) is 0. The number of hydrogen-bond acceptors (Lipinski definition) is 5. The van der Waals surface area contributed by atoms with Gasteiger partial charge < -0.3 is 19.9 Å². The lowest BCUT2D eigenvalue weighted by Crippen LogP contribution is -2.48. The van der Waals surface area contributed by atoms with Crippen LogP contribution in [-0.2, 0) is 0 Å². The highest BCUT2D eigenvalue weighted by molar-refractivity contribution is 7.14. The van der Waals surface area contributed by atoms with Crippen LogP contribution in [-0.4, -0.2) is 50.0 Å². The van der Waals surface area contributed by atoms with Crippen LogP contribution in [0.25, 0.3) is 0 Å². The second kappa shape index (κ2) is 10.1. The van der Waals surface area contributed by atoms with Crippen molar-refractivity contribution in [2.75, 3.05) is 43.5 Å². The van der Waals surface area contributed by atoms with Gasteiger partial charge in [-0.3, -0.25) is 9.59 Å². The van der Waals surface area contributed by atoms with Gasteiger partial charge in [0, 0.05) is 43.5 Å². The van der Waals surface area contributed by atoms with Gasteiger partial charge in [0.15, 0.2) is 0 Å². The van der Waals surface area contributed by atoms with Gasteiger partial charge in [0.2, 0.25) is 0 Å². The van der Waals surface area contributed by atoms with Gasteiger partial charge in [-0.1, -0.05) is 32.0 Å². The monoisotopic (exact) mass is 463 g/mol. The van der Waals surface area contributed by atoms with Crippen LogP contribution in [0.1, 0.15) is 46.0 Å². The van der Waals surface area contributed by atoms with Crippen molar-refractivity contribution in [2.45, 2.75) is 19.8 Å². The average Bonchev–Trinajstić information content (AvgIpc) is 3.31. The van der Waals surface area contributed by atoms with E-state index >= 15 is 0 Å². The van der Waals surface area contributed by atoms with Crippen LogP contribution in [0, 0.1) is 0 Å². The predicted octanol–water partition coefficient (Wildman–Crippen LogP) is 5.09. The second-order valence-corrected chi connectivity index (χ2v) is 9.29. The minimum Gasteiger partial charge on any atom is -0.497 e. The van der Waals surface area contributed by atoms with E-state index < -0.39 is 0 Å². The summed E-state index contributed by atoms with van der Waals surface area (Å²) in [4.78, 5) is 30.1. The molecule has 1 aliphatic rings. The van der Waals surface area contributed by atoms with Crippen LogP contribution in [0.5, 0.6) is 5.75 Å². The number of amides is 2. The molecule has 1 N–H and O–H groups in total. The molecule has 3 aromatic rings. The van der Waals surface area contributed by atoms with Crippen molar-refractivity contribution >= 4 is 33.8 Å². The third-order valence-electron chi connectivity index (χ3n) is 5.95. The van der Waals surface area contributed by atoms with Gasteiger partial charge in [-0.15, -0.1) is 11.3 Å². The Labute approximate surface area is 198 Å². The molecular weight excluding hydrogens is 434 g/mol. The number of ether oxygens (including phenoxy) is 1. The van der Waals surface area contributed by atoms with Crippen molar-refractivity contribution in [2.24, 2.45) is 0 Å². The molecule has 2 aromatic carbocycles. The van der Waals surface area contributed by atoms with Crippen molar-refractivity contribution in [3.05, 3.63) is 76.7 Å². The molecule has 0 aliphatic carbocycles. The number of anilines is 2. The highest BCUT2D eigenvalue weighted by atomic mass is 32.1. The third-order valence-corrected chi connectivity index (χ3v) is 6.78. The lowest BCUT2D eigenvalue weighted by atomic mass is 10.0. The van der Waals surface area contributed by atoms with E-state index in [9.17, 15) is 9.59 Å². The van der Waals surface area contributed by atoms with Crippen molar-refractivity contribution in [1.82, 2.24) is 4.90 Å². The fourth-order valence-corrected chi connectivity index (χ4v) is 4.69. The van der Waals surface area contributed by atoms with Gasteiger partial charge in [0.1, 0.15) is 10.8 Å². The standard InChI is InChI=1S/C26H29N3O3S/c1-18(2)19-7-9-20(10-8-19)24(30)27-25-23(11-16-33-25)26(31)29-14-12-28(13-15-29)21-5-4-6-22(17-21)32-3/h4-11,16-18H,12-15H2,1-3H3,(H,27,30). The van der Waals surface area contributed by atoms with Crippen molar-refractivity contribution in [1.29, 1.82) is 0 Å². The Kier molecular flexibility index (Phi) is 6.99. The van der Waals surface area contributed by atoms with Gasteiger partial charge in [-0.2, -0.15) is 0 Å². The molecule has 7 heteroatoms. The van der Waals surface area contributed by atoms with Crippen molar-refractivity contribution in [3.63, 3.8) is 0 Å². The number of methoxy groups -OCH3 is 1. The Morgan fingerprint density at radius 1 is 1.00 bits per heavy atom. The molecule has 0 saturated carbocycles.